The van der Waals surface area contributed by atoms with E-state index in [1.165, 1.54) is 0 Å². The molecule has 0 amide bonds. The maximum atomic E-state index is 5.56. The summed E-state index contributed by atoms with van der Waals surface area (Å²) < 4.78 is 11.3. The van der Waals surface area contributed by atoms with Crippen molar-refractivity contribution in [2.75, 3.05) is 12.8 Å². The Balaban J connectivity index is 2.04. The standard InChI is InChI=1S/C12H12BrN3O2/c1-17-9-4-2-8(3-5-9)7-18-11-10(13)6-15-12(14)16-11/h2-6H,7H2,1H3,(H2,14,15,16). The average molecular weight is 310 g/mol. The van der Waals surface area contributed by atoms with E-state index in [4.69, 9.17) is 15.2 Å². The number of aromatic nitrogens is 2. The van der Waals surface area contributed by atoms with Gasteiger partial charge in [-0.05, 0) is 33.6 Å². The van der Waals surface area contributed by atoms with Gasteiger partial charge in [0.1, 0.15) is 12.4 Å². The van der Waals surface area contributed by atoms with Gasteiger partial charge < -0.3 is 15.2 Å². The summed E-state index contributed by atoms with van der Waals surface area (Å²) in [5, 5.41) is 0. The molecule has 1 aromatic heterocycles. The summed E-state index contributed by atoms with van der Waals surface area (Å²) in [6, 6.07) is 7.61. The lowest BCUT2D eigenvalue weighted by Gasteiger charge is -2.07. The molecular formula is C12H12BrN3O2. The highest BCUT2D eigenvalue weighted by molar-refractivity contribution is 9.10. The second-order valence-corrected chi connectivity index (χ2v) is 4.37. The monoisotopic (exact) mass is 309 g/mol. The molecule has 2 aromatic rings. The Morgan fingerprint density at radius 3 is 2.67 bits per heavy atom. The van der Waals surface area contributed by atoms with Gasteiger partial charge >= 0.3 is 0 Å². The third-order valence-corrected chi connectivity index (χ3v) is 2.81. The Morgan fingerprint density at radius 1 is 1.28 bits per heavy atom. The van der Waals surface area contributed by atoms with Crippen LogP contribution in [-0.4, -0.2) is 17.1 Å². The van der Waals surface area contributed by atoms with Crippen LogP contribution in [0.1, 0.15) is 5.56 Å². The summed E-state index contributed by atoms with van der Waals surface area (Å²) in [5.74, 6) is 1.42. The fourth-order valence-corrected chi connectivity index (χ4v) is 1.64. The Hall–Kier alpha value is -1.82. The van der Waals surface area contributed by atoms with Gasteiger partial charge in [0.25, 0.3) is 0 Å². The molecule has 0 saturated carbocycles. The van der Waals surface area contributed by atoms with E-state index >= 15 is 0 Å². The van der Waals surface area contributed by atoms with Crippen LogP contribution in [0.2, 0.25) is 0 Å². The van der Waals surface area contributed by atoms with Crippen LogP contribution in [-0.2, 0) is 6.61 Å². The summed E-state index contributed by atoms with van der Waals surface area (Å²) >= 11 is 3.30. The molecule has 2 N–H and O–H groups in total. The largest absolute Gasteiger partial charge is 0.497 e. The fraction of sp³-hybridized carbons (Fsp3) is 0.167. The van der Waals surface area contributed by atoms with E-state index in [-0.39, 0.29) is 5.95 Å². The molecule has 0 fully saturated rings. The predicted octanol–water partition coefficient (Wildman–Crippen LogP) is 2.41. The van der Waals surface area contributed by atoms with Crippen molar-refractivity contribution in [3.63, 3.8) is 0 Å². The van der Waals surface area contributed by atoms with Gasteiger partial charge in [-0.3, -0.25) is 0 Å². The molecule has 94 valence electrons. The molecule has 0 atom stereocenters. The molecule has 2 rings (SSSR count). The molecule has 0 bridgehead atoms. The average Bonchev–Trinajstić information content (AvgIpc) is 2.40. The van der Waals surface area contributed by atoms with Crippen molar-refractivity contribution in [1.82, 2.24) is 9.97 Å². The van der Waals surface area contributed by atoms with Gasteiger partial charge in [0.15, 0.2) is 0 Å². The molecule has 1 aromatic carbocycles. The minimum Gasteiger partial charge on any atom is -0.497 e. The SMILES string of the molecule is COc1ccc(COc2nc(N)ncc2Br)cc1. The lowest BCUT2D eigenvalue weighted by Crippen LogP contribution is -2.01. The van der Waals surface area contributed by atoms with Crippen LogP contribution in [0.25, 0.3) is 0 Å². The van der Waals surface area contributed by atoms with Gasteiger partial charge in [0, 0.05) is 0 Å². The summed E-state index contributed by atoms with van der Waals surface area (Å²) in [5.41, 5.74) is 6.51. The van der Waals surface area contributed by atoms with Gasteiger partial charge in [0.05, 0.1) is 17.8 Å². The molecular weight excluding hydrogens is 298 g/mol. The minimum atomic E-state index is 0.183. The van der Waals surface area contributed by atoms with Crippen molar-refractivity contribution in [2.45, 2.75) is 6.61 Å². The number of anilines is 1. The smallest absolute Gasteiger partial charge is 0.233 e. The van der Waals surface area contributed by atoms with Gasteiger partial charge in [-0.25, -0.2) is 4.98 Å². The first-order chi connectivity index (χ1) is 8.69. The third kappa shape index (κ3) is 3.10. The Kier molecular flexibility index (Phi) is 3.99. The van der Waals surface area contributed by atoms with E-state index in [1.54, 1.807) is 13.3 Å². The lowest BCUT2D eigenvalue weighted by atomic mass is 10.2. The normalized spacial score (nSPS) is 10.1. The second-order valence-electron chi connectivity index (χ2n) is 3.52. The summed E-state index contributed by atoms with van der Waals surface area (Å²) in [7, 11) is 1.63. The fourth-order valence-electron chi connectivity index (χ4n) is 1.34. The number of hydrogen-bond donors (Lipinski definition) is 1. The van der Waals surface area contributed by atoms with E-state index in [0.717, 1.165) is 11.3 Å². The van der Waals surface area contributed by atoms with E-state index in [0.29, 0.717) is 17.0 Å². The maximum absolute atomic E-state index is 5.56. The zero-order valence-electron chi connectivity index (χ0n) is 9.76. The van der Waals surface area contributed by atoms with Gasteiger partial charge in [-0.2, -0.15) is 4.98 Å². The summed E-state index contributed by atoms with van der Waals surface area (Å²) in [6.45, 7) is 0.402. The van der Waals surface area contributed by atoms with E-state index in [1.807, 2.05) is 24.3 Å². The van der Waals surface area contributed by atoms with Crippen molar-refractivity contribution < 1.29 is 9.47 Å². The van der Waals surface area contributed by atoms with E-state index < -0.39 is 0 Å². The molecule has 5 nitrogen and oxygen atoms in total. The van der Waals surface area contributed by atoms with Crippen LogP contribution >= 0.6 is 15.9 Å². The van der Waals surface area contributed by atoms with Gasteiger partial charge in [-0.1, -0.05) is 12.1 Å². The first kappa shape index (κ1) is 12.6. The number of nitrogen functional groups attached to an aromatic ring is 1. The zero-order chi connectivity index (χ0) is 13.0. The van der Waals surface area contributed by atoms with Crippen LogP contribution in [0.3, 0.4) is 0 Å². The number of hydrogen-bond acceptors (Lipinski definition) is 5. The van der Waals surface area contributed by atoms with Crippen molar-refractivity contribution in [3.05, 3.63) is 40.5 Å². The number of methoxy groups -OCH3 is 1. The van der Waals surface area contributed by atoms with Gasteiger partial charge in [-0.15, -0.1) is 0 Å². The highest BCUT2D eigenvalue weighted by Gasteiger charge is 2.05. The molecule has 0 unspecified atom stereocenters. The first-order valence-electron chi connectivity index (χ1n) is 5.23. The lowest BCUT2D eigenvalue weighted by molar-refractivity contribution is 0.291. The molecule has 0 radical (unpaired) electrons. The molecule has 0 saturated heterocycles. The molecule has 0 spiro atoms. The molecule has 18 heavy (non-hydrogen) atoms. The topological polar surface area (TPSA) is 70.3 Å². The molecule has 0 aliphatic heterocycles. The molecule has 0 aliphatic carbocycles. The summed E-state index contributed by atoms with van der Waals surface area (Å²) in [6.07, 6.45) is 1.56. The number of nitrogens with two attached hydrogens (primary N) is 1. The number of halogens is 1. The van der Waals surface area contributed by atoms with Crippen molar-refractivity contribution in [1.29, 1.82) is 0 Å². The van der Waals surface area contributed by atoms with Crippen LogP contribution in [0, 0.1) is 0 Å². The van der Waals surface area contributed by atoms with Crippen molar-refractivity contribution >= 4 is 21.9 Å². The number of rotatable bonds is 4. The van der Waals surface area contributed by atoms with Crippen LogP contribution in [0.5, 0.6) is 11.6 Å². The highest BCUT2D eigenvalue weighted by atomic mass is 79.9. The Labute approximate surface area is 113 Å². The predicted molar refractivity (Wildman–Crippen MR) is 71.5 cm³/mol. The molecule has 0 aliphatic rings. The van der Waals surface area contributed by atoms with E-state index in [2.05, 4.69) is 25.9 Å². The van der Waals surface area contributed by atoms with Gasteiger partial charge in [0.2, 0.25) is 11.8 Å². The zero-order valence-corrected chi connectivity index (χ0v) is 11.3. The highest BCUT2D eigenvalue weighted by Crippen LogP contribution is 2.23. The van der Waals surface area contributed by atoms with Crippen molar-refractivity contribution in [3.8, 4) is 11.6 Å². The van der Waals surface area contributed by atoms with Crippen molar-refractivity contribution in [2.24, 2.45) is 0 Å². The van der Waals surface area contributed by atoms with Crippen LogP contribution < -0.4 is 15.2 Å². The minimum absolute atomic E-state index is 0.183. The number of nitrogens with zero attached hydrogens (tertiary/aromatic N) is 2. The first-order valence-corrected chi connectivity index (χ1v) is 6.02. The molecule has 6 heteroatoms. The second kappa shape index (κ2) is 5.68. The maximum Gasteiger partial charge on any atom is 0.233 e. The number of ether oxygens (including phenoxy) is 2. The third-order valence-electron chi connectivity index (χ3n) is 2.27. The Bertz CT molecular complexity index is 531. The Morgan fingerprint density at radius 2 is 2.00 bits per heavy atom. The molecule has 1 heterocycles. The number of benzene rings is 1. The summed E-state index contributed by atoms with van der Waals surface area (Å²) in [4.78, 5) is 7.83. The van der Waals surface area contributed by atoms with Crippen LogP contribution in [0.15, 0.2) is 34.9 Å². The quantitative estimate of drug-likeness (QED) is 0.939. The van der Waals surface area contributed by atoms with Crippen LogP contribution in [0.4, 0.5) is 5.95 Å². The van der Waals surface area contributed by atoms with E-state index in [9.17, 15) is 0 Å².